The van der Waals surface area contributed by atoms with Gasteiger partial charge >= 0.3 is 0 Å². The maximum atomic E-state index is 14.0. The van der Waals surface area contributed by atoms with Crippen LogP contribution in [-0.4, -0.2) is 43.7 Å². The van der Waals surface area contributed by atoms with Crippen LogP contribution in [0.4, 0.5) is 17.6 Å². The third-order valence-electron chi connectivity index (χ3n) is 7.49. The quantitative estimate of drug-likeness (QED) is 0.174. The Labute approximate surface area is 236 Å². The lowest BCUT2D eigenvalue weighted by Gasteiger charge is -2.31. The molecule has 0 aromatic heterocycles. The summed E-state index contributed by atoms with van der Waals surface area (Å²) in [4.78, 5) is 15.7. The Morgan fingerprint density at radius 3 is 2.49 bits per heavy atom. The summed E-state index contributed by atoms with van der Waals surface area (Å²) in [7, 11) is 1.53. The number of nitrogens with one attached hydrogen (secondary N) is 1. The van der Waals surface area contributed by atoms with E-state index in [1.165, 1.54) is 19.2 Å². The highest BCUT2D eigenvalue weighted by atomic mass is 19.2. The van der Waals surface area contributed by atoms with E-state index in [0.717, 1.165) is 41.7 Å². The van der Waals surface area contributed by atoms with Crippen molar-refractivity contribution in [3.05, 3.63) is 101 Å². The Kier molecular flexibility index (Phi) is 8.93. The van der Waals surface area contributed by atoms with Crippen molar-refractivity contribution in [2.75, 3.05) is 26.8 Å². The van der Waals surface area contributed by atoms with Crippen LogP contribution < -0.4 is 14.8 Å². The van der Waals surface area contributed by atoms with Crippen molar-refractivity contribution in [2.45, 2.75) is 38.3 Å². The van der Waals surface area contributed by atoms with Crippen molar-refractivity contribution in [3.63, 3.8) is 0 Å². The lowest BCUT2D eigenvalue weighted by atomic mass is 9.88. The second kappa shape index (κ2) is 12.8. The molecule has 216 valence electrons. The van der Waals surface area contributed by atoms with E-state index in [0.29, 0.717) is 37.2 Å². The second-order valence-corrected chi connectivity index (χ2v) is 10.3. The van der Waals surface area contributed by atoms with Gasteiger partial charge in [0, 0.05) is 31.2 Å². The molecule has 1 fully saturated rings. The van der Waals surface area contributed by atoms with E-state index in [1.54, 1.807) is 6.07 Å². The average Bonchev–Trinajstić information content (AvgIpc) is 3.83. The molecule has 9 heteroatoms. The van der Waals surface area contributed by atoms with Crippen LogP contribution in [0.3, 0.4) is 0 Å². The molecule has 5 rings (SSSR count). The summed E-state index contributed by atoms with van der Waals surface area (Å²) in [5.41, 5.74) is 3.51. The number of carbonyl (C=O) groups is 1. The van der Waals surface area contributed by atoms with Crippen LogP contribution in [0.2, 0.25) is 0 Å². The molecule has 1 unspecified atom stereocenters. The van der Waals surface area contributed by atoms with Crippen molar-refractivity contribution >= 4 is 11.5 Å². The van der Waals surface area contributed by atoms with Crippen molar-refractivity contribution in [3.8, 4) is 11.5 Å². The van der Waals surface area contributed by atoms with E-state index in [9.17, 15) is 22.4 Å². The van der Waals surface area contributed by atoms with Crippen molar-refractivity contribution in [2.24, 2.45) is 5.92 Å². The van der Waals surface area contributed by atoms with Crippen LogP contribution in [-0.2, 0) is 17.8 Å². The fourth-order valence-electron chi connectivity index (χ4n) is 5.18. The van der Waals surface area contributed by atoms with Gasteiger partial charge in [-0.25, -0.2) is 13.2 Å². The molecule has 1 saturated carbocycles. The lowest BCUT2D eigenvalue weighted by Crippen LogP contribution is -2.43. The van der Waals surface area contributed by atoms with Gasteiger partial charge in [-0.3, -0.25) is 4.79 Å². The summed E-state index contributed by atoms with van der Waals surface area (Å²) >= 11 is 0. The van der Waals surface area contributed by atoms with E-state index in [2.05, 4.69) is 5.32 Å². The summed E-state index contributed by atoms with van der Waals surface area (Å²) in [6.07, 6.45) is 4.93. The molecule has 1 atom stereocenters. The van der Waals surface area contributed by atoms with Gasteiger partial charge in [0.25, 0.3) is 0 Å². The molecule has 1 aliphatic carbocycles. The zero-order chi connectivity index (χ0) is 28.9. The normalized spacial score (nSPS) is 16.7. The second-order valence-electron chi connectivity index (χ2n) is 10.3. The van der Waals surface area contributed by atoms with Crippen LogP contribution >= 0.6 is 0 Å². The smallest absolute Gasteiger partial charge is 0.231 e. The summed E-state index contributed by atoms with van der Waals surface area (Å²) in [5, 5.41) is 3.30. The first kappa shape index (κ1) is 28.7. The van der Waals surface area contributed by atoms with Gasteiger partial charge in [-0.15, -0.1) is 0 Å². The maximum absolute atomic E-state index is 14.0. The van der Waals surface area contributed by atoms with Gasteiger partial charge in [-0.2, -0.15) is 4.39 Å². The number of hydrogen-bond donors (Lipinski definition) is 1. The predicted molar refractivity (Wildman–Crippen MR) is 147 cm³/mol. The molecule has 0 bridgehead atoms. The fraction of sp³-hybridized carbons (Fsp3) is 0.344. The first-order valence-electron chi connectivity index (χ1n) is 13.7. The summed E-state index contributed by atoms with van der Waals surface area (Å²) in [5.74, 6) is -4.35. The Bertz CT molecular complexity index is 1420. The third kappa shape index (κ3) is 6.73. The molecule has 0 saturated heterocycles. The van der Waals surface area contributed by atoms with Gasteiger partial charge in [-0.1, -0.05) is 30.3 Å². The third-order valence-corrected chi connectivity index (χ3v) is 7.49. The highest BCUT2D eigenvalue weighted by molar-refractivity contribution is 5.93. The number of hydrogen-bond acceptors (Lipinski definition) is 4. The Morgan fingerprint density at radius 1 is 1.00 bits per heavy atom. The number of aryl methyl sites for hydroxylation is 1. The minimum absolute atomic E-state index is 0.00435. The first-order valence-corrected chi connectivity index (χ1v) is 13.7. The van der Waals surface area contributed by atoms with Gasteiger partial charge < -0.3 is 19.7 Å². The number of ether oxygens (including phenoxy) is 2. The molecule has 2 aliphatic rings. The molecule has 1 amide bonds. The minimum atomic E-state index is -1.33. The Balaban J connectivity index is 1.24. The van der Waals surface area contributed by atoms with Crippen LogP contribution in [0.5, 0.6) is 11.5 Å². The number of methoxy groups -OCH3 is 1. The molecule has 1 aliphatic heterocycles. The van der Waals surface area contributed by atoms with Crippen LogP contribution in [0, 0.1) is 29.2 Å². The van der Waals surface area contributed by atoms with Gasteiger partial charge in [0.2, 0.25) is 11.7 Å². The summed E-state index contributed by atoms with van der Waals surface area (Å²) < 4.78 is 65.5. The molecule has 3 aromatic carbocycles. The SMILES string of the molecule is COc1ccc(F)cc1CN(C(=O)C1CNCC=C1c1ccc(CCCOc2c(F)ccc(F)c2F)cc1)C1CC1. The van der Waals surface area contributed by atoms with E-state index < -0.39 is 23.2 Å². The molecule has 41 heavy (non-hydrogen) atoms. The van der Waals surface area contributed by atoms with E-state index in [4.69, 9.17) is 9.47 Å². The van der Waals surface area contributed by atoms with E-state index in [1.807, 2.05) is 35.2 Å². The monoisotopic (exact) mass is 568 g/mol. The molecule has 1 heterocycles. The van der Waals surface area contributed by atoms with Crippen LogP contribution in [0.1, 0.15) is 36.0 Å². The standard InChI is InChI=1S/C32H32F4N2O3/c1-40-29-13-8-23(33)17-22(29)19-38(24-9-10-24)32(39)26-18-37-15-14-25(26)21-6-4-20(5-7-21)3-2-16-41-31-28(35)12-11-27(34)30(31)36/h4-8,11-14,17,24,26,37H,2-3,9-10,15-16,18-19H2,1H3. The van der Waals surface area contributed by atoms with Gasteiger partial charge in [-0.05, 0) is 72.7 Å². The van der Waals surface area contributed by atoms with E-state index >= 15 is 0 Å². The first-order chi connectivity index (χ1) is 19.9. The number of amides is 1. The van der Waals surface area contributed by atoms with Gasteiger partial charge in [0.05, 0.1) is 19.6 Å². The summed E-state index contributed by atoms with van der Waals surface area (Å²) in [6, 6.07) is 13.9. The van der Waals surface area contributed by atoms with Gasteiger partial charge in [0.1, 0.15) is 11.6 Å². The number of halogens is 4. The van der Waals surface area contributed by atoms with Gasteiger partial charge in [0.15, 0.2) is 17.4 Å². The number of rotatable bonds is 11. The van der Waals surface area contributed by atoms with Crippen molar-refractivity contribution in [1.82, 2.24) is 10.2 Å². The molecule has 3 aromatic rings. The van der Waals surface area contributed by atoms with E-state index in [-0.39, 0.29) is 36.8 Å². The molecule has 0 radical (unpaired) electrons. The zero-order valence-electron chi connectivity index (χ0n) is 22.8. The average molecular weight is 569 g/mol. The number of carbonyl (C=O) groups excluding carboxylic acids is 1. The lowest BCUT2D eigenvalue weighted by molar-refractivity contribution is -0.134. The molecule has 5 nitrogen and oxygen atoms in total. The largest absolute Gasteiger partial charge is 0.496 e. The van der Waals surface area contributed by atoms with Crippen LogP contribution in [0.25, 0.3) is 5.57 Å². The maximum Gasteiger partial charge on any atom is 0.231 e. The zero-order valence-corrected chi connectivity index (χ0v) is 22.8. The van der Waals surface area contributed by atoms with Crippen LogP contribution in [0.15, 0.2) is 60.7 Å². The predicted octanol–water partition coefficient (Wildman–Crippen LogP) is 6.06. The fourth-order valence-corrected chi connectivity index (χ4v) is 5.18. The highest BCUT2D eigenvalue weighted by Gasteiger charge is 2.38. The molecule has 1 N–H and O–H groups in total. The highest BCUT2D eigenvalue weighted by Crippen LogP contribution is 2.35. The molecular formula is C32H32F4N2O3. The van der Waals surface area contributed by atoms with Crippen molar-refractivity contribution in [1.29, 1.82) is 0 Å². The molecular weight excluding hydrogens is 536 g/mol. The summed E-state index contributed by atoms with van der Waals surface area (Å²) in [6.45, 7) is 1.45. The number of nitrogens with zero attached hydrogens (tertiary/aromatic N) is 1. The topological polar surface area (TPSA) is 50.8 Å². The Morgan fingerprint density at radius 2 is 1.76 bits per heavy atom. The molecule has 0 spiro atoms. The number of benzene rings is 3. The Hall–Kier alpha value is -3.85. The van der Waals surface area contributed by atoms with Crippen molar-refractivity contribution < 1.29 is 31.8 Å². The minimum Gasteiger partial charge on any atom is -0.496 e.